The minimum absolute atomic E-state index is 0.430. The van der Waals surface area contributed by atoms with E-state index in [1.54, 1.807) is 0 Å². The third kappa shape index (κ3) is 3.94. The molecule has 0 N–H and O–H groups in total. The molecule has 4 nitrogen and oxygen atoms in total. The smallest absolute Gasteiger partial charge is 0.162 e. The normalized spacial score (nSPS) is 30.9. The van der Waals surface area contributed by atoms with Gasteiger partial charge in [-0.1, -0.05) is 13.8 Å². The van der Waals surface area contributed by atoms with E-state index in [0.717, 1.165) is 26.4 Å². The molecule has 2 aliphatic rings. The maximum Gasteiger partial charge on any atom is 0.162 e. The summed E-state index contributed by atoms with van der Waals surface area (Å²) in [5.74, 6) is 1.11. The molecule has 0 aliphatic carbocycles. The first-order chi connectivity index (χ1) is 9.20. The summed E-state index contributed by atoms with van der Waals surface area (Å²) in [6.07, 6.45) is 0. The van der Waals surface area contributed by atoms with Crippen molar-refractivity contribution in [2.45, 2.75) is 53.1 Å². The molecule has 0 saturated carbocycles. The first-order valence-electron chi connectivity index (χ1n) is 7.76. The molecule has 0 bridgehead atoms. The fraction of sp³-hybridized carbons (Fsp3) is 1.00. The summed E-state index contributed by atoms with van der Waals surface area (Å²) >= 11 is 0. The van der Waals surface area contributed by atoms with Crippen LogP contribution in [0.5, 0.6) is 0 Å². The summed E-state index contributed by atoms with van der Waals surface area (Å²) in [4.78, 5) is 0. The van der Waals surface area contributed by atoms with Crippen LogP contribution >= 0.6 is 0 Å². The predicted octanol–water partition coefficient (Wildman–Crippen LogP) is 3.06. The molecule has 2 atom stereocenters. The van der Waals surface area contributed by atoms with Crippen LogP contribution in [0.4, 0.5) is 0 Å². The molecule has 118 valence electrons. The van der Waals surface area contributed by atoms with E-state index >= 15 is 0 Å². The Morgan fingerprint density at radius 2 is 0.900 bits per heavy atom. The topological polar surface area (TPSA) is 36.9 Å². The van der Waals surface area contributed by atoms with Crippen molar-refractivity contribution in [3.8, 4) is 0 Å². The molecule has 0 spiro atoms. The fourth-order valence-electron chi connectivity index (χ4n) is 2.88. The highest BCUT2D eigenvalue weighted by atomic mass is 16.7. The zero-order valence-electron chi connectivity index (χ0n) is 13.8. The first-order valence-corrected chi connectivity index (χ1v) is 7.76. The lowest BCUT2D eigenvalue weighted by Crippen LogP contribution is -2.46. The average Bonchev–Trinajstić information content (AvgIpc) is 2.37. The SMILES string of the molecule is C[C@@H](C1COC(C)(C)OC1)[C@@H](C)C1COC(C)(C)OC1. The number of hydrogen-bond donors (Lipinski definition) is 0. The van der Waals surface area contributed by atoms with Crippen molar-refractivity contribution >= 4 is 0 Å². The molecule has 2 saturated heterocycles. The number of rotatable bonds is 3. The van der Waals surface area contributed by atoms with E-state index in [-0.39, 0.29) is 0 Å². The van der Waals surface area contributed by atoms with Gasteiger partial charge < -0.3 is 18.9 Å². The van der Waals surface area contributed by atoms with Gasteiger partial charge in [0.1, 0.15) is 0 Å². The molecule has 0 unspecified atom stereocenters. The molecule has 4 heteroatoms. The van der Waals surface area contributed by atoms with Crippen LogP contribution in [0, 0.1) is 23.7 Å². The van der Waals surface area contributed by atoms with Crippen LogP contribution in [0.3, 0.4) is 0 Å². The van der Waals surface area contributed by atoms with Crippen molar-refractivity contribution in [2.24, 2.45) is 23.7 Å². The highest BCUT2D eigenvalue weighted by Crippen LogP contribution is 2.35. The van der Waals surface area contributed by atoms with Crippen molar-refractivity contribution in [2.75, 3.05) is 26.4 Å². The fourth-order valence-corrected chi connectivity index (χ4v) is 2.88. The second kappa shape index (κ2) is 5.91. The van der Waals surface area contributed by atoms with Gasteiger partial charge in [-0.3, -0.25) is 0 Å². The van der Waals surface area contributed by atoms with Gasteiger partial charge in [0.05, 0.1) is 26.4 Å². The van der Waals surface area contributed by atoms with Gasteiger partial charge in [-0.05, 0) is 39.5 Å². The van der Waals surface area contributed by atoms with Crippen LogP contribution in [-0.4, -0.2) is 38.0 Å². The quantitative estimate of drug-likeness (QED) is 0.799. The van der Waals surface area contributed by atoms with E-state index < -0.39 is 11.6 Å². The van der Waals surface area contributed by atoms with Crippen molar-refractivity contribution in [1.29, 1.82) is 0 Å². The molecular weight excluding hydrogens is 256 g/mol. The van der Waals surface area contributed by atoms with Gasteiger partial charge in [0.15, 0.2) is 11.6 Å². The van der Waals surface area contributed by atoms with Crippen LogP contribution in [0.1, 0.15) is 41.5 Å². The van der Waals surface area contributed by atoms with Gasteiger partial charge >= 0.3 is 0 Å². The molecule has 0 aromatic carbocycles. The lowest BCUT2D eigenvalue weighted by atomic mass is 9.77. The third-order valence-electron chi connectivity index (χ3n) is 4.90. The van der Waals surface area contributed by atoms with Crippen molar-refractivity contribution in [1.82, 2.24) is 0 Å². The summed E-state index contributed by atoms with van der Waals surface area (Å²) in [7, 11) is 0. The van der Waals surface area contributed by atoms with Crippen molar-refractivity contribution in [3.63, 3.8) is 0 Å². The minimum Gasteiger partial charge on any atom is -0.350 e. The van der Waals surface area contributed by atoms with Crippen molar-refractivity contribution < 1.29 is 18.9 Å². The van der Waals surface area contributed by atoms with E-state index in [9.17, 15) is 0 Å². The van der Waals surface area contributed by atoms with Gasteiger partial charge in [-0.2, -0.15) is 0 Å². The zero-order valence-corrected chi connectivity index (χ0v) is 13.8. The first kappa shape index (κ1) is 16.2. The molecule has 2 aliphatic heterocycles. The molecular formula is C16H30O4. The Labute approximate surface area is 123 Å². The maximum atomic E-state index is 5.78. The van der Waals surface area contributed by atoms with Crippen LogP contribution in [0.15, 0.2) is 0 Å². The highest BCUT2D eigenvalue weighted by Gasteiger charge is 2.38. The Morgan fingerprint density at radius 1 is 0.650 bits per heavy atom. The molecule has 0 aromatic rings. The van der Waals surface area contributed by atoms with Crippen LogP contribution in [-0.2, 0) is 18.9 Å². The molecule has 0 amide bonds. The molecule has 2 heterocycles. The molecule has 2 fully saturated rings. The van der Waals surface area contributed by atoms with E-state index in [1.807, 2.05) is 27.7 Å². The standard InChI is InChI=1S/C16H30O4/c1-11(13-7-17-15(3,4)18-8-13)12(2)14-9-19-16(5,6)20-10-14/h11-14H,7-10H2,1-6H3/t11-,12-/m1/s1. The molecule has 0 aromatic heterocycles. The lowest BCUT2D eigenvalue weighted by Gasteiger charge is -2.43. The summed E-state index contributed by atoms with van der Waals surface area (Å²) < 4.78 is 23.1. The Hall–Kier alpha value is -0.160. The molecule has 2 rings (SSSR count). The van der Waals surface area contributed by atoms with E-state index in [1.165, 1.54) is 0 Å². The van der Waals surface area contributed by atoms with Gasteiger partial charge in [-0.25, -0.2) is 0 Å². The third-order valence-corrected chi connectivity index (χ3v) is 4.90. The lowest BCUT2D eigenvalue weighted by molar-refractivity contribution is -0.280. The second-order valence-electron chi connectivity index (χ2n) is 7.28. The molecule has 0 radical (unpaired) electrons. The van der Waals surface area contributed by atoms with Gasteiger partial charge in [0, 0.05) is 11.8 Å². The summed E-state index contributed by atoms with van der Waals surface area (Å²) in [5.41, 5.74) is 0. The Bertz CT molecular complexity index is 274. The average molecular weight is 286 g/mol. The summed E-state index contributed by atoms with van der Waals surface area (Å²) in [6, 6.07) is 0. The Balaban J connectivity index is 1.85. The minimum atomic E-state index is -0.430. The van der Waals surface area contributed by atoms with E-state index in [0.29, 0.717) is 23.7 Å². The highest BCUT2D eigenvalue weighted by molar-refractivity contribution is 4.81. The van der Waals surface area contributed by atoms with E-state index in [4.69, 9.17) is 18.9 Å². The number of hydrogen-bond acceptors (Lipinski definition) is 4. The monoisotopic (exact) mass is 286 g/mol. The van der Waals surface area contributed by atoms with Crippen molar-refractivity contribution in [3.05, 3.63) is 0 Å². The van der Waals surface area contributed by atoms with E-state index in [2.05, 4.69) is 13.8 Å². The van der Waals surface area contributed by atoms with Gasteiger partial charge in [0.25, 0.3) is 0 Å². The Kier molecular flexibility index (Phi) is 4.80. The molecule has 20 heavy (non-hydrogen) atoms. The van der Waals surface area contributed by atoms with Crippen LogP contribution < -0.4 is 0 Å². The maximum absolute atomic E-state index is 5.78. The van der Waals surface area contributed by atoms with Crippen LogP contribution in [0.2, 0.25) is 0 Å². The Morgan fingerprint density at radius 3 is 1.15 bits per heavy atom. The second-order valence-corrected chi connectivity index (χ2v) is 7.28. The number of ether oxygens (including phenoxy) is 4. The summed E-state index contributed by atoms with van der Waals surface area (Å²) in [6.45, 7) is 15.6. The predicted molar refractivity (Wildman–Crippen MR) is 77.3 cm³/mol. The van der Waals surface area contributed by atoms with Gasteiger partial charge in [-0.15, -0.1) is 0 Å². The zero-order chi connectivity index (χ0) is 15.0. The van der Waals surface area contributed by atoms with Gasteiger partial charge in [0.2, 0.25) is 0 Å². The summed E-state index contributed by atoms with van der Waals surface area (Å²) in [5, 5.41) is 0. The largest absolute Gasteiger partial charge is 0.350 e. The van der Waals surface area contributed by atoms with Crippen LogP contribution in [0.25, 0.3) is 0 Å².